The van der Waals surface area contributed by atoms with Crippen LogP contribution in [0.25, 0.3) is 22.5 Å². The first-order valence-electron chi connectivity index (χ1n) is 10.3. The van der Waals surface area contributed by atoms with E-state index in [9.17, 15) is 4.79 Å². The number of benzene rings is 2. The van der Waals surface area contributed by atoms with Gasteiger partial charge in [0.15, 0.2) is 5.82 Å². The first kappa shape index (κ1) is 19.0. The van der Waals surface area contributed by atoms with Crippen molar-refractivity contribution in [3.8, 4) is 22.5 Å². The number of aromatic nitrogens is 4. The zero-order valence-electron chi connectivity index (χ0n) is 17.4. The Labute approximate surface area is 180 Å². The van der Waals surface area contributed by atoms with Crippen molar-refractivity contribution in [1.29, 1.82) is 0 Å². The second-order valence-corrected chi connectivity index (χ2v) is 7.52. The lowest BCUT2D eigenvalue weighted by Crippen LogP contribution is -2.12. The lowest BCUT2D eigenvalue weighted by molar-refractivity contribution is 0.0966. The Morgan fingerprint density at radius 3 is 2.55 bits per heavy atom. The topological polar surface area (TPSA) is 84.7 Å². The largest absolute Gasteiger partial charge is 0.348 e. The molecule has 1 aliphatic rings. The second-order valence-electron chi connectivity index (χ2n) is 7.52. The zero-order chi connectivity index (χ0) is 21.4. The molecular formula is C24H22N6O. The summed E-state index contributed by atoms with van der Waals surface area (Å²) in [5, 5.41) is 10.8. The number of aryl methyl sites for hydroxylation is 2. The molecule has 0 unspecified atom stereocenters. The van der Waals surface area contributed by atoms with Crippen LogP contribution in [0.4, 0.5) is 11.6 Å². The van der Waals surface area contributed by atoms with E-state index in [1.165, 1.54) is 0 Å². The van der Waals surface area contributed by atoms with Crippen LogP contribution >= 0.6 is 0 Å². The number of fused-ring (bicyclic) bond motifs is 1. The molecule has 0 atom stereocenters. The van der Waals surface area contributed by atoms with Crippen LogP contribution in [0.2, 0.25) is 0 Å². The number of nitrogens with one attached hydrogen (secondary N) is 2. The molecule has 0 radical (unpaired) electrons. The minimum atomic E-state index is -0.0228. The van der Waals surface area contributed by atoms with Crippen molar-refractivity contribution in [3.05, 3.63) is 77.6 Å². The molecule has 2 aromatic carbocycles. The fourth-order valence-corrected chi connectivity index (χ4v) is 3.67. The van der Waals surface area contributed by atoms with Crippen molar-refractivity contribution in [2.24, 2.45) is 0 Å². The van der Waals surface area contributed by atoms with Gasteiger partial charge in [-0.2, -0.15) is 4.98 Å². The maximum atomic E-state index is 11.8. The molecule has 2 N–H and O–H groups in total. The summed E-state index contributed by atoms with van der Waals surface area (Å²) in [5.41, 5.74) is 6.72. The molecule has 5 rings (SSSR count). The molecule has 0 spiro atoms. The van der Waals surface area contributed by atoms with Crippen LogP contribution in [0.15, 0.2) is 60.8 Å². The first-order valence-corrected chi connectivity index (χ1v) is 10.3. The monoisotopic (exact) mass is 410 g/mol. The van der Waals surface area contributed by atoms with Crippen molar-refractivity contribution in [1.82, 2.24) is 25.1 Å². The van der Waals surface area contributed by atoms with E-state index in [1.54, 1.807) is 0 Å². The molecule has 31 heavy (non-hydrogen) atoms. The molecule has 0 bridgehead atoms. The third kappa shape index (κ3) is 3.66. The summed E-state index contributed by atoms with van der Waals surface area (Å²) in [6.07, 6.45) is 1.89. The number of rotatable bonds is 5. The van der Waals surface area contributed by atoms with Crippen LogP contribution in [0.1, 0.15) is 28.5 Å². The van der Waals surface area contributed by atoms with Crippen LogP contribution in [-0.2, 0) is 13.1 Å². The van der Waals surface area contributed by atoms with Gasteiger partial charge in [0.2, 0.25) is 5.95 Å². The minimum Gasteiger partial charge on any atom is -0.348 e. The van der Waals surface area contributed by atoms with Crippen molar-refractivity contribution >= 4 is 17.5 Å². The molecule has 154 valence electrons. The normalized spacial score (nSPS) is 12.5. The average Bonchev–Trinajstić information content (AvgIpc) is 3.37. The number of hydrogen-bond acceptors (Lipinski definition) is 5. The van der Waals surface area contributed by atoms with Gasteiger partial charge in [0.1, 0.15) is 0 Å². The third-order valence-electron chi connectivity index (χ3n) is 5.40. The van der Waals surface area contributed by atoms with Gasteiger partial charge in [-0.1, -0.05) is 30.3 Å². The van der Waals surface area contributed by atoms with Crippen molar-refractivity contribution in [3.63, 3.8) is 0 Å². The lowest BCUT2D eigenvalue weighted by Gasteiger charge is -2.07. The lowest BCUT2D eigenvalue weighted by atomic mass is 10.1. The summed E-state index contributed by atoms with van der Waals surface area (Å²) in [7, 11) is 0. The van der Waals surface area contributed by atoms with Gasteiger partial charge in [0, 0.05) is 47.4 Å². The van der Waals surface area contributed by atoms with Crippen LogP contribution < -0.4 is 10.6 Å². The number of carbonyl (C=O) groups excluding carboxylic acids is 1. The standard InChI is InChI=1S/C24H22N6O/c1-3-30-24(27-20-10-11-21-19(12-20)14-26-23(21)31)28-22(29-30)17-8-6-16(7-9-17)18-5-4-15(2)25-13-18/h4-13H,3,14H2,1-2H3,(H,26,31)(H,27,28,29). The van der Waals surface area contributed by atoms with Crippen LogP contribution in [0, 0.1) is 6.92 Å². The zero-order valence-corrected chi connectivity index (χ0v) is 17.4. The number of pyridine rings is 1. The van der Waals surface area contributed by atoms with E-state index in [0.717, 1.165) is 39.2 Å². The van der Waals surface area contributed by atoms with Crippen LogP contribution in [0.3, 0.4) is 0 Å². The van der Waals surface area contributed by atoms with Gasteiger partial charge in [0.05, 0.1) is 0 Å². The molecule has 0 aliphatic carbocycles. The Morgan fingerprint density at radius 2 is 1.81 bits per heavy atom. The van der Waals surface area contributed by atoms with Crippen LogP contribution in [-0.4, -0.2) is 25.7 Å². The maximum absolute atomic E-state index is 11.8. The summed E-state index contributed by atoms with van der Waals surface area (Å²) in [6, 6.07) is 18.0. The van der Waals surface area contributed by atoms with Crippen LogP contribution in [0.5, 0.6) is 0 Å². The first-order chi connectivity index (χ1) is 15.1. The van der Waals surface area contributed by atoms with Crippen molar-refractivity contribution in [2.45, 2.75) is 26.9 Å². The van der Waals surface area contributed by atoms with Crippen molar-refractivity contribution in [2.75, 3.05) is 5.32 Å². The summed E-state index contributed by atoms with van der Waals surface area (Å²) in [4.78, 5) is 20.8. The molecule has 7 nitrogen and oxygen atoms in total. The molecule has 4 aromatic rings. The number of amides is 1. The van der Waals surface area contributed by atoms with E-state index >= 15 is 0 Å². The van der Waals surface area contributed by atoms with E-state index < -0.39 is 0 Å². The smallest absolute Gasteiger partial charge is 0.251 e. The minimum absolute atomic E-state index is 0.0228. The second kappa shape index (κ2) is 7.68. The quantitative estimate of drug-likeness (QED) is 0.512. The summed E-state index contributed by atoms with van der Waals surface area (Å²) >= 11 is 0. The number of nitrogens with zero attached hydrogens (tertiary/aromatic N) is 4. The fraction of sp³-hybridized carbons (Fsp3) is 0.167. The van der Waals surface area contributed by atoms with E-state index in [0.29, 0.717) is 24.9 Å². The Bertz CT molecular complexity index is 1260. The highest BCUT2D eigenvalue weighted by Gasteiger charge is 2.19. The molecule has 3 heterocycles. The van der Waals surface area contributed by atoms with Gasteiger partial charge in [-0.25, -0.2) is 4.68 Å². The summed E-state index contributed by atoms with van der Waals surface area (Å²) in [6.45, 7) is 5.25. The van der Waals surface area contributed by atoms with E-state index in [4.69, 9.17) is 4.98 Å². The Hall–Kier alpha value is -4.00. The number of hydrogen-bond donors (Lipinski definition) is 2. The van der Waals surface area contributed by atoms with Gasteiger partial charge < -0.3 is 10.6 Å². The van der Waals surface area contributed by atoms with Gasteiger partial charge in [-0.3, -0.25) is 9.78 Å². The van der Waals surface area contributed by atoms with E-state index in [-0.39, 0.29) is 5.91 Å². The molecule has 0 fully saturated rings. The molecular weight excluding hydrogens is 388 g/mol. The Morgan fingerprint density at radius 1 is 1.03 bits per heavy atom. The molecule has 2 aromatic heterocycles. The maximum Gasteiger partial charge on any atom is 0.251 e. The molecule has 1 aliphatic heterocycles. The summed E-state index contributed by atoms with van der Waals surface area (Å²) < 4.78 is 1.84. The highest BCUT2D eigenvalue weighted by molar-refractivity contribution is 5.98. The van der Waals surface area contributed by atoms with Gasteiger partial charge in [0.25, 0.3) is 5.91 Å². The van der Waals surface area contributed by atoms with Gasteiger partial charge in [-0.05, 0) is 49.2 Å². The number of anilines is 2. The SMILES string of the molecule is CCn1nc(-c2ccc(-c3ccc(C)nc3)cc2)nc1Nc1ccc2c(c1)CNC2=O. The van der Waals surface area contributed by atoms with Gasteiger partial charge in [-0.15, -0.1) is 5.10 Å². The highest BCUT2D eigenvalue weighted by atomic mass is 16.1. The number of carbonyl (C=O) groups is 1. The predicted octanol–water partition coefficient (Wildman–Crippen LogP) is 4.32. The molecule has 7 heteroatoms. The molecule has 1 amide bonds. The highest BCUT2D eigenvalue weighted by Crippen LogP contribution is 2.26. The third-order valence-corrected chi connectivity index (χ3v) is 5.40. The predicted molar refractivity (Wildman–Crippen MR) is 120 cm³/mol. The van der Waals surface area contributed by atoms with Crippen molar-refractivity contribution < 1.29 is 4.79 Å². The Kier molecular flexibility index (Phi) is 4.71. The molecule has 0 saturated carbocycles. The average molecular weight is 410 g/mol. The Balaban J connectivity index is 1.40. The fourth-order valence-electron chi connectivity index (χ4n) is 3.67. The van der Waals surface area contributed by atoms with Gasteiger partial charge >= 0.3 is 0 Å². The van der Waals surface area contributed by atoms with E-state index in [2.05, 4.69) is 38.9 Å². The summed E-state index contributed by atoms with van der Waals surface area (Å²) in [5.74, 6) is 1.31. The van der Waals surface area contributed by atoms with E-state index in [1.807, 2.05) is 61.1 Å². The molecule has 0 saturated heterocycles.